The lowest BCUT2D eigenvalue weighted by molar-refractivity contribution is -0.150. The molecule has 2 unspecified atom stereocenters. The molecule has 0 heterocycles. The van der Waals surface area contributed by atoms with Crippen molar-refractivity contribution in [2.45, 2.75) is 56.4 Å². The maximum Gasteiger partial charge on any atom is 0.323 e. The van der Waals surface area contributed by atoms with Crippen LogP contribution in [0.2, 0.25) is 0 Å². The van der Waals surface area contributed by atoms with Crippen molar-refractivity contribution in [3.8, 4) is 0 Å². The van der Waals surface area contributed by atoms with Crippen molar-refractivity contribution in [3.05, 3.63) is 0 Å². The number of carboxylic acid groups (broad SMARTS) is 1. The Labute approximate surface area is 109 Å². The molecular weight excluding hydrogens is 254 g/mol. The maximum absolute atomic E-state index is 11.6. The first-order valence-corrected chi connectivity index (χ1v) is 8.17. The SMILES string of the molecule is CN(C1CCCC(S(C)(=O)=O)C1)C(C)(C)C(=O)O. The highest BCUT2D eigenvalue weighted by Crippen LogP contribution is 2.30. The lowest BCUT2D eigenvalue weighted by atomic mass is 9.90. The van der Waals surface area contributed by atoms with Crippen LogP contribution in [0.1, 0.15) is 39.5 Å². The standard InChI is InChI=1S/C12H23NO4S/c1-12(2,11(14)15)13(3)9-6-5-7-10(8-9)18(4,16)17/h9-10H,5-8H2,1-4H3,(H,14,15). The van der Waals surface area contributed by atoms with Gasteiger partial charge in [-0.15, -0.1) is 0 Å². The number of carboxylic acids is 1. The first kappa shape index (κ1) is 15.4. The van der Waals surface area contributed by atoms with Gasteiger partial charge in [0.05, 0.1) is 5.25 Å². The van der Waals surface area contributed by atoms with Gasteiger partial charge in [0.1, 0.15) is 15.4 Å². The number of carbonyl (C=O) groups is 1. The Morgan fingerprint density at radius 2 is 1.89 bits per heavy atom. The molecule has 1 aliphatic carbocycles. The van der Waals surface area contributed by atoms with E-state index in [1.165, 1.54) is 6.26 Å². The van der Waals surface area contributed by atoms with Gasteiger partial charge in [0.25, 0.3) is 0 Å². The monoisotopic (exact) mass is 277 g/mol. The molecular formula is C12H23NO4S. The van der Waals surface area contributed by atoms with Crippen molar-refractivity contribution in [2.75, 3.05) is 13.3 Å². The fourth-order valence-electron chi connectivity index (χ4n) is 2.47. The van der Waals surface area contributed by atoms with E-state index in [2.05, 4.69) is 0 Å². The summed E-state index contributed by atoms with van der Waals surface area (Å²) in [5.41, 5.74) is -0.968. The van der Waals surface area contributed by atoms with Gasteiger partial charge in [0, 0.05) is 12.3 Å². The van der Waals surface area contributed by atoms with Crippen LogP contribution in [-0.2, 0) is 14.6 Å². The molecule has 2 atom stereocenters. The molecule has 1 saturated carbocycles. The van der Waals surface area contributed by atoms with E-state index in [0.717, 1.165) is 12.8 Å². The van der Waals surface area contributed by atoms with Crippen LogP contribution in [0.15, 0.2) is 0 Å². The summed E-state index contributed by atoms with van der Waals surface area (Å²) < 4.78 is 23.2. The number of aliphatic carboxylic acids is 1. The molecule has 1 fully saturated rings. The molecule has 0 aromatic rings. The van der Waals surface area contributed by atoms with Crippen molar-refractivity contribution >= 4 is 15.8 Å². The Hall–Kier alpha value is -0.620. The number of sulfone groups is 1. The van der Waals surface area contributed by atoms with Crippen LogP contribution in [-0.4, -0.2) is 54.5 Å². The van der Waals surface area contributed by atoms with E-state index in [1.807, 2.05) is 0 Å². The van der Waals surface area contributed by atoms with Crippen LogP contribution in [0.3, 0.4) is 0 Å². The number of hydrogen-bond donors (Lipinski definition) is 1. The molecule has 0 aromatic carbocycles. The number of hydrogen-bond acceptors (Lipinski definition) is 4. The molecule has 1 aliphatic rings. The molecule has 0 aliphatic heterocycles. The molecule has 0 amide bonds. The quantitative estimate of drug-likeness (QED) is 0.834. The van der Waals surface area contributed by atoms with E-state index in [4.69, 9.17) is 0 Å². The van der Waals surface area contributed by atoms with Crippen molar-refractivity contribution < 1.29 is 18.3 Å². The van der Waals surface area contributed by atoms with E-state index in [-0.39, 0.29) is 11.3 Å². The lowest BCUT2D eigenvalue weighted by Gasteiger charge is -2.41. The maximum atomic E-state index is 11.6. The molecule has 0 aromatic heterocycles. The van der Waals surface area contributed by atoms with E-state index in [1.54, 1.807) is 25.8 Å². The topological polar surface area (TPSA) is 74.7 Å². The molecule has 18 heavy (non-hydrogen) atoms. The Morgan fingerprint density at radius 1 is 1.33 bits per heavy atom. The predicted octanol–water partition coefficient (Wildman–Crippen LogP) is 1.14. The Bertz CT molecular complexity index is 416. The van der Waals surface area contributed by atoms with Gasteiger partial charge in [0.2, 0.25) is 0 Å². The minimum absolute atomic E-state index is 0.0181. The second-order valence-electron chi connectivity index (χ2n) is 5.75. The van der Waals surface area contributed by atoms with Crippen LogP contribution < -0.4 is 0 Å². The molecule has 0 spiro atoms. The Kier molecular flexibility index (Phi) is 4.43. The Morgan fingerprint density at radius 3 is 2.33 bits per heavy atom. The molecule has 0 bridgehead atoms. The minimum Gasteiger partial charge on any atom is -0.480 e. The van der Waals surface area contributed by atoms with Gasteiger partial charge in [0.15, 0.2) is 0 Å². The molecule has 0 radical (unpaired) electrons. The summed E-state index contributed by atoms with van der Waals surface area (Å²) in [4.78, 5) is 13.0. The van der Waals surface area contributed by atoms with Gasteiger partial charge in [-0.3, -0.25) is 9.69 Å². The molecule has 106 valence electrons. The molecule has 1 N–H and O–H groups in total. The van der Waals surface area contributed by atoms with Gasteiger partial charge < -0.3 is 5.11 Å². The van der Waals surface area contributed by atoms with Gasteiger partial charge in [-0.1, -0.05) is 6.42 Å². The third kappa shape index (κ3) is 3.23. The van der Waals surface area contributed by atoms with Crippen molar-refractivity contribution in [2.24, 2.45) is 0 Å². The highest BCUT2D eigenvalue weighted by molar-refractivity contribution is 7.91. The van der Waals surface area contributed by atoms with Crippen molar-refractivity contribution in [3.63, 3.8) is 0 Å². The highest BCUT2D eigenvalue weighted by atomic mass is 32.2. The normalized spacial score (nSPS) is 26.3. The third-order valence-corrected chi connectivity index (χ3v) is 5.80. The highest BCUT2D eigenvalue weighted by Gasteiger charge is 2.39. The zero-order chi connectivity index (χ0) is 14.1. The first-order valence-electron chi connectivity index (χ1n) is 6.22. The molecule has 1 rings (SSSR count). The van der Waals surface area contributed by atoms with Crippen LogP contribution in [0.25, 0.3) is 0 Å². The van der Waals surface area contributed by atoms with Gasteiger partial charge >= 0.3 is 5.97 Å². The van der Waals surface area contributed by atoms with Crippen LogP contribution in [0.4, 0.5) is 0 Å². The zero-order valence-electron chi connectivity index (χ0n) is 11.5. The van der Waals surface area contributed by atoms with Gasteiger partial charge in [-0.25, -0.2) is 8.42 Å². The van der Waals surface area contributed by atoms with Crippen LogP contribution in [0.5, 0.6) is 0 Å². The summed E-state index contributed by atoms with van der Waals surface area (Å²) in [5, 5.41) is 8.88. The van der Waals surface area contributed by atoms with Gasteiger partial charge in [-0.05, 0) is 40.2 Å². The predicted molar refractivity (Wildman–Crippen MR) is 70.4 cm³/mol. The van der Waals surface area contributed by atoms with E-state index < -0.39 is 21.3 Å². The average molecular weight is 277 g/mol. The van der Waals surface area contributed by atoms with Crippen LogP contribution in [0, 0.1) is 0 Å². The fourth-order valence-corrected chi connectivity index (χ4v) is 3.63. The summed E-state index contributed by atoms with van der Waals surface area (Å²) in [6, 6.07) is 0.0181. The number of likely N-dealkylation sites (N-methyl/N-ethyl adjacent to an activating group) is 1. The van der Waals surface area contributed by atoms with Gasteiger partial charge in [-0.2, -0.15) is 0 Å². The molecule has 0 saturated heterocycles. The summed E-state index contributed by atoms with van der Waals surface area (Å²) in [5.74, 6) is -0.883. The summed E-state index contributed by atoms with van der Waals surface area (Å²) in [7, 11) is -1.26. The Balaban J connectivity index is 2.82. The van der Waals surface area contributed by atoms with E-state index >= 15 is 0 Å². The van der Waals surface area contributed by atoms with Crippen LogP contribution >= 0.6 is 0 Å². The van der Waals surface area contributed by atoms with E-state index in [9.17, 15) is 18.3 Å². The number of nitrogens with zero attached hydrogens (tertiary/aromatic N) is 1. The minimum atomic E-state index is -3.03. The second-order valence-corrected chi connectivity index (χ2v) is 8.07. The molecule has 5 nitrogen and oxygen atoms in total. The first-order chi connectivity index (χ1) is 8.06. The van der Waals surface area contributed by atoms with Crippen molar-refractivity contribution in [1.82, 2.24) is 4.90 Å². The zero-order valence-corrected chi connectivity index (χ0v) is 12.3. The smallest absolute Gasteiger partial charge is 0.323 e. The third-order valence-electron chi connectivity index (χ3n) is 4.16. The fraction of sp³-hybridized carbons (Fsp3) is 0.917. The largest absolute Gasteiger partial charge is 0.480 e. The summed E-state index contributed by atoms with van der Waals surface area (Å²) in [6.07, 6.45) is 4.19. The molecule has 6 heteroatoms. The average Bonchev–Trinajstić information content (AvgIpc) is 2.26. The van der Waals surface area contributed by atoms with Crippen molar-refractivity contribution in [1.29, 1.82) is 0 Å². The summed E-state index contributed by atoms with van der Waals surface area (Å²) in [6.45, 7) is 3.30. The lowest BCUT2D eigenvalue weighted by Crippen LogP contribution is -2.54. The van der Waals surface area contributed by atoms with E-state index in [0.29, 0.717) is 12.8 Å². The summed E-state index contributed by atoms with van der Waals surface area (Å²) >= 11 is 0. The second kappa shape index (κ2) is 5.17. The number of rotatable bonds is 4.